The van der Waals surface area contributed by atoms with Crippen LogP contribution in [0.4, 0.5) is 11.4 Å². The molecular weight excluding hydrogens is 248 g/mol. The Kier molecular flexibility index (Phi) is 3.18. The lowest BCUT2D eigenvalue weighted by atomic mass is 10.1. The number of aryl methyl sites for hydroxylation is 1. The second-order valence-corrected chi connectivity index (χ2v) is 5.42. The molecule has 2 aromatic rings. The van der Waals surface area contributed by atoms with Crippen LogP contribution < -0.4 is 11.1 Å². The fourth-order valence-electron chi connectivity index (χ4n) is 2.61. The van der Waals surface area contributed by atoms with Crippen LogP contribution in [0, 0.1) is 12.8 Å². The zero-order valence-electron chi connectivity index (χ0n) is 11.5. The summed E-state index contributed by atoms with van der Waals surface area (Å²) in [4.78, 5) is 12.3. The van der Waals surface area contributed by atoms with Crippen LogP contribution in [-0.2, 0) is 4.79 Å². The normalized spacial score (nSPS) is 20.4. The van der Waals surface area contributed by atoms with E-state index < -0.39 is 0 Å². The molecule has 2 atom stereocenters. The summed E-state index contributed by atoms with van der Waals surface area (Å²) in [5, 5.41) is 3.00. The molecule has 1 saturated carbocycles. The molecule has 1 aliphatic carbocycles. The highest BCUT2D eigenvalue weighted by Gasteiger charge is 2.43. The largest absolute Gasteiger partial charge is 0.399 e. The first-order valence-electron chi connectivity index (χ1n) is 6.87. The number of rotatable bonds is 3. The molecule has 3 nitrogen and oxygen atoms in total. The summed E-state index contributed by atoms with van der Waals surface area (Å²) >= 11 is 0. The summed E-state index contributed by atoms with van der Waals surface area (Å²) in [6.07, 6.45) is 0.934. The molecule has 0 saturated heterocycles. The number of nitrogens with one attached hydrogen (secondary N) is 1. The van der Waals surface area contributed by atoms with Crippen LogP contribution in [0.5, 0.6) is 0 Å². The van der Waals surface area contributed by atoms with Gasteiger partial charge in [-0.05, 0) is 48.6 Å². The van der Waals surface area contributed by atoms with Crippen LogP contribution in [0.15, 0.2) is 48.5 Å². The Balaban J connectivity index is 1.67. The molecule has 0 aromatic heterocycles. The molecule has 0 bridgehead atoms. The lowest BCUT2D eigenvalue weighted by Crippen LogP contribution is -2.15. The van der Waals surface area contributed by atoms with E-state index in [-0.39, 0.29) is 11.8 Å². The standard InChI is InChI=1S/C17H18N2O/c1-11-9-13(18)7-8-16(11)19-17(20)15-10-14(15)12-5-3-2-4-6-12/h2-9,14-15H,10,18H2,1H3,(H,19,20). The molecule has 3 heteroatoms. The zero-order chi connectivity index (χ0) is 14.1. The van der Waals surface area contributed by atoms with E-state index >= 15 is 0 Å². The van der Waals surface area contributed by atoms with Crippen molar-refractivity contribution in [2.24, 2.45) is 5.92 Å². The summed E-state index contributed by atoms with van der Waals surface area (Å²) in [6, 6.07) is 15.8. The van der Waals surface area contributed by atoms with Crippen LogP contribution in [0.3, 0.4) is 0 Å². The molecule has 0 radical (unpaired) electrons. The van der Waals surface area contributed by atoms with Gasteiger partial charge in [0, 0.05) is 17.3 Å². The molecule has 1 fully saturated rings. The molecule has 102 valence electrons. The van der Waals surface area contributed by atoms with E-state index in [0.717, 1.165) is 17.7 Å². The summed E-state index contributed by atoms with van der Waals surface area (Å²) in [5.41, 5.74) is 9.53. The van der Waals surface area contributed by atoms with Crippen molar-refractivity contribution in [3.8, 4) is 0 Å². The predicted octanol–water partition coefficient (Wildman–Crippen LogP) is 3.32. The van der Waals surface area contributed by atoms with Crippen molar-refractivity contribution in [1.82, 2.24) is 0 Å². The number of anilines is 2. The number of amides is 1. The van der Waals surface area contributed by atoms with Gasteiger partial charge in [0.05, 0.1) is 0 Å². The first-order valence-corrected chi connectivity index (χ1v) is 6.87. The SMILES string of the molecule is Cc1cc(N)ccc1NC(=O)C1CC1c1ccccc1. The van der Waals surface area contributed by atoms with Gasteiger partial charge in [-0.15, -0.1) is 0 Å². The minimum Gasteiger partial charge on any atom is -0.399 e. The van der Waals surface area contributed by atoms with Crippen LogP contribution >= 0.6 is 0 Å². The number of hydrogen-bond donors (Lipinski definition) is 2. The third-order valence-electron chi connectivity index (χ3n) is 3.86. The van der Waals surface area contributed by atoms with Gasteiger partial charge in [0.2, 0.25) is 5.91 Å². The Morgan fingerprint density at radius 3 is 2.65 bits per heavy atom. The van der Waals surface area contributed by atoms with Gasteiger partial charge in [-0.1, -0.05) is 30.3 Å². The van der Waals surface area contributed by atoms with Gasteiger partial charge in [0.25, 0.3) is 0 Å². The fraction of sp³-hybridized carbons (Fsp3) is 0.235. The Bertz CT molecular complexity index is 637. The summed E-state index contributed by atoms with van der Waals surface area (Å²) < 4.78 is 0. The van der Waals surface area contributed by atoms with Gasteiger partial charge in [0.15, 0.2) is 0 Å². The molecule has 2 unspecified atom stereocenters. The lowest BCUT2D eigenvalue weighted by molar-refractivity contribution is -0.117. The van der Waals surface area contributed by atoms with Crippen molar-refractivity contribution < 1.29 is 4.79 Å². The highest BCUT2D eigenvalue weighted by molar-refractivity contribution is 5.96. The Morgan fingerprint density at radius 1 is 1.20 bits per heavy atom. The van der Waals surface area contributed by atoms with E-state index in [1.54, 1.807) is 0 Å². The fourth-order valence-corrected chi connectivity index (χ4v) is 2.61. The van der Waals surface area contributed by atoms with Crippen molar-refractivity contribution >= 4 is 17.3 Å². The number of hydrogen-bond acceptors (Lipinski definition) is 2. The van der Waals surface area contributed by atoms with Crippen LogP contribution in [0.1, 0.15) is 23.5 Å². The molecule has 2 aromatic carbocycles. The molecule has 3 rings (SSSR count). The minimum atomic E-state index is 0.0920. The predicted molar refractivity (Wildman–Crippen MR) is 81.5 cm³/mol. The molecule has 0 aliphatic heterocycles. The first-order chi connectivity index (χ1) is 9.65. The maximum Gasteiger partial charge on any atom is 0.228 e. The number of carbonyl (C=O) groups is 1. The average Bonchev–Trinajstić information content (AvgIpc) is 3.23. The second-order valence-electron chi connectivity index (χ2n) is 5.42. The van der Waals surface area contributed by atoms with Crippen molar-refractivity contribution in [1.29, 1.82) is 0 Å². The highest BCUT2D eigenvalue weighted by Crippen LogP contribution is 2.47. The van der Waals surface area contributed by atoms with E-state index in [0.29, 0.717) is 11.6 Å². The summed E-state index contributed by atoms with van der Waals surface area (Å²) in [7, 11) is 0. The van der Waals surface area contributed by atoms with Crippen LogP contribution in [0.2, 0.25) is 0 Å². The molecule has 0 spiro atoms. The second kappa shape index (κ2) is 5.00. The van der Waals surface area contributed by atoms with Crippen molar-refractivity contribution in [3.05, 3.63) is 59.7 Å². The smallest absolute Gasteiger partial charge is 0.228 e. The lowest BCUT2D eigenvalue weighted by Gasteiger charge is -2.09. The maximum absolute atomic E-state index is 12.3. The van der Waals surface area contributed by atoms with Crippen molar-refractivity contribution in [2.75, 3.05) is 11.1 Å². The average molecular weight is 266 g/mol. The Labute approximate surface area is 118 Å². The van der Waals surface area contributed by atoms with Gasteiger partial charge >= 0.3 is 0 Å². The van der Waals surface area contributed by atoms with Gasteiger partial charge in [0.1, 0.15) is 0 Å². The van der Waals surface area contributed by atoms with E-state index in [2.05, 4.69) is 17.4 Å². The van der Waals surface area contributed by atoms with Crippen molar-refractivity contribution in [3.63, 3.8) is 0 Å². The Hall–Kier alpha value is -2.29. The molecule has 3 N–H and O–H groups in total. The highest BCUT2D eigenvalue weighted by atomic mass is 16.2. The number of benzene rings is 2. The third kappa shape index (κ3) is 2.52. The monoisotopic (exact) mass is 266 g/mol. The van der Waals surface area contributed by atoms with Crippen molar-refractivity contribution in [2.45, 2.75) is 19.3 Å². The van der Waals surface area contributed by atoms with Gasteiger partial charge in [-0.3, -0.25) is 4.79 Å². The number of nitrogen functional groups attached to an aromatic ring is 1. The number of nitrogens with two attached hydrogens (primary N) is 1. The van der Waals surface area contributed by atoms with E-state index in [1.165, 1.54) is 5.56 Å². The number of carbonyl (C=O) groups excluding carboxylic acids is 1. The van der Waals surface area contributed by atoms with Gasteiger partial charge in [-0.2, -0.15) is 0 Å². The maximum atomic E-state index is 12.3. The summed E-state index contributed by atoms with van der Waals surface area (Å²) in [5.74, 6) is 0.561. The van der Waals surface area contributed by atoms with Crippen LogP contribution in [0.25, 0.3) is 0 Å². The quantitative estimate of drug-likeness (QED) is 0.837. The Morgan fingerprint density at radius 2 is 1.95 bits per heavy atom. The zero-order valence-corrected chi connectivity index (χ0v) is 11.5. The van der Waals surface area contributed by atoms with Crippen LogP contribution in [-0.4, -0.2) is 5.91 Å². The first kappa shape index (κ1) is 12.7. The van der Waals surface area contributed by atoms with Gasteiger partial charge in [-0.25, -0.2) is 0 Å². The van der Waals surface area contributed by atoms with E-state index in [4.69, 9.17) is 5.73 Å². The molecule has 1 amide bonds. The molecule has 0 heterocycles. The minimum absolute atomic E-state index is 0.0920. The van der Waals surface area contributed by atoms with Gasteiger partial charge < -0.3 is 11.1 Å². The molecule has 1 aliphatic rings. The third-order valence-corrected chi connectivity index (χ3v) is 3.86. The molecular formula is C17H18N2O. The van der Waals surface area contributed by atoms with E-state index in [9.17, 15) is 4.79 Å². The topological polar surface area (TPSA) is 55.1 Å². The summed E-state index contributed by atoms with van der Waals surface area (Å²) in [6.45, 7) is 1.95. The molecule has 20 heavy (non-hydrogen) atoms. The van der Waals surface area contributed by atoms with E-state index in [1.807, 2.05) is 43.3 Å².